The number of rotatable bonds is 1. The minimum atomic E-state index is 0.500. The van der Waals surface area contributed by atoms with Gasteiger partial charge in [-0.15, -0.1) is 0 Å². The summed E-state index contributed by atoms with van der Waals surface area (Å²) in [6.45, 7) is 3.23. The van der Waals surface area contributed by atoms with Crippen molar-refractivity contribution in [2.45, 2.75) is 0 Å². The maximum Gasteiger partial charge on any atom is 0.212 e. The molecule has 0 atom stereocenters. The molecule has 0 aromatic carbocycles. The lowest BCUT2D eigenvalue weighted by Crippen LogP contribution is -2.49. The highest BCUT2D eigenvalue weighted by atomic mass is 15.7. The highest BCUT2D eigenvalue weighted by Crippen LogP contribution is 2.11. The maximum atomic E-state index is 7.77. The fourth-order valence-electron chi connectivity index (χ4n) is 1.59. The Morgan fingerprint density at radius 2 is 2.08 bits per heavy atom. The summed E-state index contributed by atoms with van der Waals surface area (Å²) in [6, 6.07) is 0. The smallest absolute Gasteiger partial charge is 0.212 e. The number of guanidine groups is 2. The van der Waals surface area contributed by atoms with E-state index in [1.54, 1.807) is 0 Å². The minimum absolute atomic E-state index is 0.500. The van der Waals surface area contributed by atoms with E-state index in [0.717, 1.165) is 26.2 Å². The molecule has 0 amide bonds. The number of aliphatic imine (C=N–C) groups is 1. The first-order valence-electron chi connectivity index (χ1n) is 4.35. The molecule has 0 saturated carbocycles. The molecule has 0 unspecified atom stereocenters. The van der Waals surface area contributed by atoms with Gasteiger partial charge in [0.25, 0.3) is 0 Å². The van der Waals surface area contributed by atoms with E-state index in [0.29, 0.717) is 11.9 Å². The molecular weight excluding hydrogens is 168 g/mol. The largest absolute Gasteiger partial charge is 0.368 e. The second kappa shape index (κ2) is 2.79. The molecule has 13 heavy (non-hydrogen) atoms. The van der Waals surface area contributed by atoms with Gasteiger partial charge in [-0.25, -0.2) is 15.0 Å². The van der Waals surface area contributed by atoms with Gasteiger partial charge in [0.1, 0.15) is 0 Å². The molecule has 0 spiro atoms. The SMILES string of the molecule is CN1CCN(N2CCN=C2N)C1=N. The lowest BCUT2D eigenvalue weighted by Gasteiger charge is -2.29. The minimum Gasteiger partial charge on any atom is -0.368 e. The van der Waals surface area contributed by atoms with Crippen molar-refractivity contribution in [3.63, 3.8) is 0 Å². The molecule has 2 aliphatic rings. The molecule has 72 valence electrons. The van der Waals surface area contributed by atoms with Gasteiger partial charge in [0.15, 0.2) is 0 Å². The molecule has 2 rings (SSSR count). The third-order valence-electron chi connectivity index (χ3n) is 2.39. The quantitative estimate of drug-likeness (QED) is 0.529. The van der Waals surface area contributed by atoms with Gasteiger partial charge in [-0.3, -0.25) is 5.41 Å². The highest BCUT2D eigenvalue weighted by molar-refractivity contribution is 5.85. The average molecular weight is 182 g/mol. The molecule has 6 heteroatoms. The molecule has 0 radical (unpaired) electrons. The fourth-order valence-corrected chi connectivity index (χ4v) is 1.59. The Hall–Kier alpha value is -1.46. The Bertz CT molecular complexity index is 260. The third kappa shape index (κ3) is 1.18. The average Bonchev–Trinajstić information content (AvgIpc) is 2.62. The normalized spacial score (nSPS) is 23.0. The zero-order valence-electron chi connectivity index (χ0n) is 7.69. The van der Waals surface area contributed by atoms with E-state index in [1.165, 1.54) is 0 Å². The van der Waals surface area contributed by atoms with Crippen LogP contribution < -0.4 is 5.73 Å². The standard InChI is InChI=1S/C7H14N6/c1-11-4-5-13(7(11)9)12-3-2-10-6(12)8/h9H,2-5H2,1H3,(H2,8,10). The predicted octanol–water partition coefficient (Wildman–Crippen LogP) is -1.29. The van der Waals surface area contributed by atoms with Gasteiger partial charge in [-0.05, 0) is 0 Å². The molecule has 6 nitrogen and oxygen atoms in total. The number of hydrazine groups is 1. The molecule has 3 N–H and O–H groups in total. The third-order valence-corrected chi connectivity index (χ3v) is 2.39. The first-order chi connectivity index (χ1) is 6.20. The number of nitrogens with zero attached hydrogens (tertiary/aromatic N) is 4. The summed E-state index contributed by atoms with van der Waals surface area (Å²) in [7, 11) is 1.91. The van der Waals surface area contributed by atoms with Crippen molar-refractivity contribution >= 4 is 11.9 Å². The highest BCUT2D eigenvalue weighted by Gasteiger charge is 2.30. The van der Waals surface area contributed by atoms with Gasteiger partial charge in [-0.1, -0.05) is 0 Å². The van der Waals surface area contributed by atoms with Crippen molar-refractivity contribution in [3.05, 3.63) is 0 Å². The first kappa shape index (κ1) is 8.15. The van der Waals surface area contributed by atoms with Crippen molar-refractivity contribution < 1.29 is 0 Å². The van der Waals surface area contributed by atoms with Crippen molar-refractivity contribution in [1.82, 2.24) is 14.9 Å². The van der Waals surface area contributed by atoms with Crippen LogP contribution in [0.5, 0.6) is 0 Å². The second-order valence-electron chi connectivity index (χ2n) is 3.23. The van der Waals surface area contributed by atoms with E-state index in [9.17, 15) is 0 Å². The van der Waals surface area contributed by atoms with Crippen LogP contribution in [-0.4, -0.2) is 60.1 Å². The van der Waals surface area contributed by atoms with Gasteiger partial charge in [0.05, 0.1) is 19.6 Å². The second-order valence-corrected chi connectivity index (χ2v) is 3.23. The topological polar surface area (TPSA) is 71.9 Å². The summed E-state index contributed by atoms with van der Waals surface area (Å²) in [4.78, 5) is 5.98. The van der Waals surface area contributed by atoms with Crippen LogP contribution in [0.2, 0.25) is 0 Å². The molecule has 2 aliphatic heterocycles. The van der Waals surface area contributed by atoms with Gasteiger partial charge in [-0.2, -0.15) is 0 Å². The monoisotopic (exact) mass is 182 g/mol. The van der Waals surface area contributed by atoms with E-state index in [2.05, 4.69) is 4.99 Å². The molecule has 1 fully saturated rings. The summed E-state index contributed by atoms with van der Waals surface area (Å²) in [5.74, 6) is 1.03. The van der Waals surface area contributed by atoms with Crippen LogP contribution >= 0.6 is 0 Å². The van der Waals surface area contributed by atoms with Crippen LogP contribution in [0, 0.1) is 5.41 Å². The van der Waals surface area contributed by atoms with Crippen molar-refractivity contribution in [1.29, 1.82) is 5.41 Å². The van der Waals surface area contributed by atoms with Crippen molar-refractivity contribution in [2.75, 3.05) is 33.2 Å². The fraction of sp³-hybridized carbons (Fsp3) is 0.714. The Morgan fingerprint density at radius 1 is 1.31 bits per heavy atom. The van der Waals surface area contributed by atoms with Crippen LogP contribution in [0.25, 0.3) is 0 Å². The van der Waals surface area contributed by atoms with E-state index in [4.69, 9.17) is 11.1 Å². The number of nitrogens with two attached hydrogens (primary N) is 1. The molecule has 0 aromatic heterocycles. The number of likely N-dealkylation sites (N-methyl/N-ethyl adjacent to an activating group) is 1. The van der Waals surface area contributed by atoms with E-state index >= 15 is 0 Å². The Kier molecular flexibility index (Phi) is 1.75. The summed E-state index contributed by atoms with van der Waals surface area (Å²) < 4.78 is 0. The van der Waals surface area contributed by atoms with Gasteiger partial charge < -0.3 is 10.6 Å². The Labute approximate surface area is 77.1 Å². The maximum absolute atomic E-state index is 7.77. The molecule has 0 bridgehead atoms. The van der Waals surface area contributed by atoms with Crippen LogP contribution in [0.4, 0.5) is 0 Å². The van der Waals surface area contributed by atoms with Gasteiger partial charge in [0, 0.05) is 13.6 Å². The summed E-state index contributed by atoms with van der Waals surface area (Å²) in [5.41, 5.74) is 5.69. The summed E-state index contributed by atoms with van der Waals surface area (Å²) >= 11 is 0. The molecule has 0 aliphatic carbocycles. The number of hydrogen-bond donors (Lipinski definition) is 2. The first-order valence-corrected chi connectivity index (χ1v) is 4.35. The van der Waals surface area contributed by atoms with Gasteiger partial charge >= 0.3 is 0 Å². The molecule has 2 heterocycles. The van der Waals surface area contributed by atoms with Crippen LogP contribution in [0.15, 0.2) is 4.99 Å². The van der Waals surface area contributed by atoms with Crippen LogP contribution in [0.1, 0.15) is 0 Å². The van der Waals surface area contributed by atoms with Gasteiger partial charge in [0.2, 0.25) is 11.9 Å². The van der Waals surface area contributed by atoms with E-state index in [1.807, 2.05) is 22.0 Å². The van der Waals surface area contributed by atoms with Crippen molar-refractivity contribution in [2.24, 2.45) is 10.7 Å². The zero-order valence-corrected chi connectivity index (χ0v) is 7.69. The Morgan fingerprint density at radius 3 is 2.54 bits per heavy atom. The number of hydrogen-bond acceptors (Lipinski definition) is 4. The predicted molar refractivity (Wildman–Crippen MR) is 50.3 cm³/mol. The van der Waals surface area contributed by atoms with Crippen LogP contribution in [-0.2, 0) is 0 Å². The molecule has 0 aromatic rings. The molecular formula is C7H14N6. The number of nitrogens with one attached hydrogen (secondary N) is 1. The summed E-state index contributed by atoms with van der Waals surface area (Å²) in [5, 5.41) is 11.5. The van der Waals surface area contributed by atoms with Crippen molar-refractivity contribution in [3.8, 4) is 0 Å². The zero-order chi connectivity index (χ0) is 9.42. The lowest BCUT2D eigenvalue weighted by molar-refractivity contribution is 0.161. The van der Waals surface area contributed by atoms with E-state index in [-0.39, 0.29) is 0 Å². The Balaban J connectivity index is 2.10. The lowest BCUT2D eigenvalue weighted by atomic mass is 10.6. The van der Waals surface area contributed by atoms with E-state index < -0.39 is 0 Å². The summed E-state index contributed by atoms with van der Waals surface area (Å²) in [6.07, 6.45) is 0. The molecule has 1 saturated heterocycles. The van der Waals surface area contributed by atoms with Crippen LogP contribution in [0.3, 0.4) is 0 Å².